The second kappa shape index (κ2) is 7.58. The summed E-state index contributed by atoms with van der Waals surface area (Å²) in [6.07, 6.45) is 5.35. The highest BCUT2D eigenvalue weighted by Crippen LogP contribution is 2.40. The van der Waals surface area contributed by atoms with Crippen molar-refractivity contribution < 1.29 is 9.90 Å². The lowest BCUT2D eigenvalue weighted by Crippen LogP contribution is -2.22. The maximum atomic E-state index is 12.2. The number of carbonyl (C=O) groups is 1. The van der Waals surface area contributed by atoms with Crippen LogP contribution < -0.4 is 0 Å². The molecule has 3 heterocycles. The van der Waals surface area contributed by atoms with Gasteiger partial charge in [0.25, 0.3) is 5.91 Å². The van der Waals surface area contributed by atoms with Crippen molar-refractivity contribution in [2.24, 2.45) is 10.2 Å². The fraction of sp³-hybridized carbons (Fsp3) is 0.263. The molecule has 4 rings (SSSR count). The number of benzene rings is 1. The maximum Gasteiger partial charge on any atom is 0.296 e. The molecule has 7 nitrogen and oxygen atoms in total. The molecule has 1 N–H and O–H groups in total. The van der Waals surface area contributed by atoms with E-state index in [9.17, 15) is 9.90 Å². The molecule has 1 saturated heterocycles. The SMILES string of the molecule is O=C(N=Nc1c(O)n(CN2CCCC2)c2ccc(Br)cc12)c1cccnc1. The molecule has 0 aliphatic carbocycles. The molecule has 27 heavy (non-hydrogen) atoms. The monoisotopic (exact) mass is 427 g/mol. The summed E-state index contributed by atoms with van der Waals surface area (Å²) in [5, 5.41) is 19.4. The standard InChI is InChI=1S/C19H18BrN5O2/c20-14-5-6-16-15(10-14)17(19(27)25(16)12-24-8-1-2-9-24)22-23-18(26)13-4-3-7-21-11-13/h3-7,10-11,27H,1-2,8-9,12H2. The van der Waals surface area contributed by atoms with E-state index in [4.69, 9.17) is 0 Å². The number of halogens is 1. The molecule has 0 atom stereocenters. The molecule has 138 valence electrons. The quantitative estimate of drug-likeness (QED) is 0.621. The molecule has 0 spiro atoms. The minimum atomic E-state index is -0.502. The van der Waals surface area contributed by atoms with E-state index in [1.165, 1.54) is 6.20 Å². The fourth-order valence-electron chi connectivity index (χ4n) is 3.30. The third-order valence-corrected chi connectivity index (χ3v) is 5.15. The molecule has 1 aromatic carbocycles. The van der Waals surface area contributed by atoms with E-state index >= 15 is 0 Å². The van der Waals surface area contributed by atoms with Crippen molar-refractivity contribution in [2.45, 2.75) is 19.5 Å². The van der Waals surface area contributed by atoms with Crippen LogP contribution >= 0.6 is 15.9 Å². The number of amides is 1. The van der Waals surface area contributed by atoms with Gasteiger partial charge >= 0.3 is 0 Å². The molecule has 8 heteroatoms. The number of carbonyl (C=O) groups excluding carboxylic acids is 1. The first-order valence-electron chi connectivity index (χ1n) is 8.72. The van der Waals surface area contributed by atoms with Gasteiger partial charge in [0.15, 0.2) is 5.69 Å². The number of fused-ring (bicyclic) bond motifs is 1. The summed E-state index contributed by atoms with van der Waals surface area (Å²) < 4.78 is 2.68. The number of likely N-dealkylation sites (tertiary alicyclic amines) is 1. The average molecular weight is 428 g/mol. The highest BCUT2D eigenvalue weighted by molar-refractivity contribution is 9.10. The van der Waals surface area contributed by atoms with Crippen LogP contribution in [0.2, 0.25) is 0 Å². The Morgan fingerprint density at radius 3 is 2.81 bits per heavy atom. The lowest BCUT2D eigenvalue weighted by Gasteiger charge is -2.17. The van der Waals surface area contributed by atoms with Crippen LogP contribution in [-0.2, 0) is 6.67 Å². The van der Waals surface area contributed by atoms with Gasteiger partial charge in [-0.25, -0.2) is 0 Å². The van der Waals surface area contributed by atoms with Gasteiger partial charge < -0.3 is 5.11 Å². The highest BCUT2D eigenvalue weighted by Gasteiger charge is 2.20. The second-order valence-electron chi connectivity index (χ2n) is 6.48. The Hall–Kier alpha value is -2.58. The number of pyridine rings is 1. The van der Waals surface area contributed by atoms with Crippen molar-refractivity contribution in [3.63, 3.8) is 0 Å². The van der Waals surface area contributed by atoms with Gasteiger partial charge in [-0.3, -0.25) is 19.2 Å². The highest BCUT2D eigenvalue weighted by atomic mass is 79.9. The molecule has 1 amide bonds. The Morgan fingerprint density at radius 2 is 2.07 bits per heavy atom. The smallest absolute Gasteiger partial charge is 0.296 e. The topological polar surface area (TPSA) is 83.1 Å². The minimum absolute atomic E-state index is 0.0118. The number of hydrogen-bond donors (Lipinski definition) is 1. The van der Waals surface area contributed by atoms with Gasteiger partial charge in [0, 0.05) is 22.3 Å². The zero-order chi connectivity index (χ0) is 18.8. The molecule has 3 aromatic rings. The number of hydrogen-bond acceptors (Lipinski definition) is 5. The van der Waals surface area contributed by atoms with E-state index in [-0.39, 0.29) is 5.88 Å². The van der Waals surface area contributed by atoms with Crippen molar-refractivity contribution in [1.82, 2.24) is 14.5 Å². The molecule has 0 saturated carbocycles. The van der Waals surface area contributed by atoms with Crippen LogP contribution in [0.5, 0.6) is 5.88 Å². The number of nitrogens with zero attached hydrogens (tertiary/aromatic N) is 5. The molecule has 2 aromatic heterocycles. The number of rotatable bonds is 4. The van der Waals surface area contributed by atoms with Gasteiger partial charge in [-0.15, -0.1) is 10.2 Å². The number of azo groups is 1. The Bertz CT molecular complexity index is 1010. The van der Waals surface area contributed by atoms with Crippen LogP contribution in [-0.4, -0.2) is 38.6 Å². The van der Waals surface area contributed by atoms with Gasteiger partial charge in [0.05, 0.1) is 17.7 Å². The molecule has 1 fully saturated rings. The first kappa shape index (κ1) is 17.8. The van der Waals surface area contributed by atoms with Crippen molar-refractivity contribution in [3.05, 3.63) is 52.8 Å². The van der Waals surface area contributed by atoms with Crippen LogP contribution in [0.1, 0.15) is 23.2 Å². The summed E-state index contributed by atoms with van der Waals surface area (Å²) in [5.41, 5.74) is 1.50. The van der Waals surface area contributed by atoms with Crippen LogP contribution in [0, 0.1) is 0 Å². The van der Waals surface area contributed by atoms with E-state index in [2.05, 4.69) is 36.0 Å². The summed E-state index contributed by atoms with van der Waals surface area (Å²) in [6.45, 7) is 2.59. The summed E-state index contributed by atoms with van der Waals surface area (Å²) in [6, 6.07) is 9.01. The average Bonchev–Trinajstić information content (AvgIpc) is 3.28. The third-order valence-electron chi connectivity index (χ3n) is 4.66. The normalized spacial score (nSPS) is 15.1. The zero-order valence-electron chi connectivity index (χ0n) is 14.5. The lowest BCUT2D eigenvalue weighted by atomic mass is 10.2. The van der Waals surface area contributed by atoms with Crippen LogP contribution in [0.3, 0.4) is 0 Å². The first-order chi connectivity index (χ1) is 13.1. The zero-order valence-corrected chi connectivity index (χ0v) is 16.1. The Labute approximate surface area is 164 Å². The van der Waals surface area contributed by atoms with Crippen LogP contribution in [0.15, 0.2) is 57.4 Å². The molecule has 0 unspecified atom stereocenters. The summed E-state index contributed by atoms with van der Waals surface area (Å²) in [4.78, 5) is 18.4. The number of aromatic nitrogens is 2. The first-order valence-corrected chi connectivity index (χ1v) is 9.52. The van der Waals surface area contributed by atoms with Gasteiger partial charge in [-0.1, -0.05) is 15.9 Å². The summed E-state index contributed by atoms with van der Waals surface area (Å²) in [7, 11) is 0. The van der Waals surface area contributed by atoms with Gasteiger partial charge in [0.2, 0.25) is 5.88 Å². The Morgan fingerprint density at radius 1 is 1.26 bits per heavy atom. The third kappa shape index (κ3) is 3.63. The Kier molecular flexibility index (Phi) is 5.00. The van der Waals surface area contributed by atoms with E-state index < -0.39 is 5.91 Å². The van der Waals surface area contributed by atoms with E-state index in [1.807, 2.05) is 22.8 Å². The van der Waals surface area contributed by atoms with E-state index in [0.717, 1.165) is 41.3 Å². The molecule has 1 aliphatic heterocycles. The van der Waals surface area contributed by atoms with Gasteiger partial charge in [-0.2, -0.15) is 0 Å². The molecule has 0 bridgehead atoms. The largest absolute Gasteiger partial charge is 0.493 e. The predicted molar refractivity (Wildman–Crippen MR) is 105 cm³/mol. The predicted octanol–water partition coefficient (Wildman–Crippen LogP) is 4.48. The van der Waals surface area contributed by atoms with Crippen LogP contribution in [0.4, 0.5) is 5.69 Å². The second-order valence-corrected chi connectivity index (χ2v) is 7.39. The maximum absolute atomic E-state index is 12.2. The molecule has 0 radical (unpaired) electrons. The van der Waals surface area contributed by atoms with Crippen molar-refractivity contribution in [3.8, 4) is 5.88 Å². The fourth-order valence-corrected chi connectivity index (χ4v) is 3.66. The van der Waals surface area contributed by atoms with E-state index in [0.29, 0.717) is 17.9 Å². The van der Waals surface area contributed by atoms with Crippen molar-refractivity contribution >= 4 is 38.4 Å². The van der Waals surface area contributed by atoms with E-state index in [1.54, 1.807) is 18.3 Å². The summed E-state index contributed by atoms with van der Waals surface area (Å²) in [5.74, 6) is -0.490. The van der Waals surface area contributed by atoms with Crippen molar-refractivity contribution in [1.29, 1.82) is 0 Å². The molecular weight excluding hydrogens is 410 g/mol. The minimum Gasteiger partial charge on any atom is -0.493 e. The van der Waals surface area contributed by atoms with Crippen LogP contribution in [0.25, 0.3) is 10.9 Å². The van der Waals surface area contributed by atoms with Crippen molar-refractivity contribution in [2.75, 3.05) is 13.1 Å². The summed E-state index contributed by atoms with van der Waals surface area (Å²) >= 11 is 3.46. The number of aromatic hydroxyl groups is 1. The lowest BCUT2D eigenvalue weighted by molar-refractivity contribution is 0.0994. The molecule has 1 aliphatic rings. The Balaban J connectivity index is 1.73. The van der Waals surface area contributed by atoms with Gasteiger partial charge in [-0.05, 0) is 56.3 Å². The molecular formula is C19H18BrN5O2. The van der Waals surface area contributed by atoms with Gasteiger partial charge in [0.1, 0.15) is 0 Å².